The number of hydrogen-bond acceptors (Lipinski definition) is 5. The van der Waals surface area contributed by atoms with Crippen molar-refractivity contribution in [2.24, 2.45) is 0 Å². The predicted molar refractivity (Wildman–Crippen MR) is 116 cm³/mol. The molecule has 0 aliphatic carbocycles. The minimum Gasteiger partial charge on any atom is -0.353 e. The second-order valence-corrected chi connectivity index (χ2v) is 8.57. The molecule has 2 heterocycles. The lowest BCUT2D eigenvalue weighted by Gasteiger charge is -2.15. The Labute approximate surface area is 177 Å². The summed E-state index contributed by atoms with van der Waals surface area (Å²) in [5.41, 5.74) is 3.90. The SMILES string of the molecule is CSc1nc2nc(C)c(CC(=O)NC(C)CCc3ccc(Br)cc3)c(C)n2n1. The maximum Gasteiger partial charge on any atom is 0.253 e. The first kappa shape index (κ1) is 20.8. The van der Waals surface area contributed by atoms with Crippen molar-refractivity contribution >= 4 is 39.4 Å². The first-order chi connectivity index (χ1) is 13.4. The highest BCUT2D eigenvalue weighted by atomic mass is 79.9. The Morgan fingerprint density at radius 3 is 2.64 bits per heavy atom. The van der Waals surface area contributed by atoms with Crippen molar-refractivity contribution in [1.29, 1.82) is 0 Å². The van der Waals surface area contributed by atoms with Gasteiger partial charge in [0.2, 0.25) is 11.1 Å². The van der Waals surface area contributed by atoms with Crippen LogP contribution >= 0.6 is 27.7 Å². The molecule has 6 nitrogen and oxygen atoms in total. The first-order valence-corrected chi connectivity index (χ1v) is 11.2. The summed E-state index contributed by atoms with van der Waals surface area (Å²) in [7, 11) is 0. The molecule has 1 atom stereocenters. The molecule has 148 valence electrons. The van der Waals surface area contributed by atoms with E-state index in [0.717, 1.165) is 34.3 Å². The van der Waals surface area contributed by atoms with E-state index in [2.05, 4.69) is 48.4 Å². The van der Waals surface area contributed by atoms with Crippen LogP contribution in [0.3, 0.4) is 0 Å². The van der Waals surface area contributed by atoms with Crippen LogP contribution in [0.1, 0.15) is 35.9 Å². The van der Waals surface area contributed by atoms with Crippen molar-refractivity contribution in [3.63, 3.8) is 0 Å². The number of carbonyl (C=O) groups is 1. The van der Waals surface area contributed by atoms with E-state index in [4.69, 9.17) is 0 Å². The summed E-state index contributed by atoms with van der Waals surface area (Å²) in [4.78, 5) is 21.5. The van der Waals surface area contributed by atoms with Crippen molar-refractivity contribution in [3.05, 3.63) is 51.3 Å². The van der Waals surface area contributed by atoms with Gasteiger partial charge in [-0.15, -0.1) is 5.10 Å². The van der Waals surface area contributed by atoms with Crippen LogP contribution in [-0.2, 0) is 17.6 Å². The van der Waals surface area contributed by atoms with E-state index in [0.29, 0.717) is 10.9 Å². The molecular formula is C20H24BrN5OS. The van der Waals surface area contributed by atoms with Gasteiger partial charge in [0.05, 0.1) is 6.42 Å². The summed E-state index contributed by atoms with van der Waals surface area (Å²) < 4.78 is 2.80. The van der Waals surface area contributed by atoms with E-state index >= 15 is 0 Å². The Morgan fingerprint density at radius 1 is 1.25 bits per heavy atom. The number of aryl methyl sites for hydroxylation is 3. The molecular weight excluding hydrogens is 438 g/mol. The number of nitrogens with one attached hydrogen (secondary N) is 1. The van der Waals surface area contributed by atoms with Gasteiger partial charge >= 0.3 is 0 Å². The second-order valence-electron chi connectivity index (χ2n) is 6.88. The average Bonchev–Trinajstić information content (AvgIpc) is 3.08. The quantitative estimate of drug-likeness (QED) is 0.540. The van der Waals surface area contributed by atoms with Gasteiger partial charge in [0.15, 0.2) is 0 Å². The highest BCUT2D eigenvalue weighted by molar-refractivity contribution is 9.10. The van der Waals surface area contributed by atoms with Crippen molar-refractivity contribution in [2.45, 2.75) is 51.2 Å². The van der Waals surface area contributed by atoms with Gasteiger partial charge in [-0.3, -0.25) is 4.79 Å². The fourth-order valence-electron chi connectivity index (χ4n) is 3.13. The number of hydrogen-bond donors (Lipinski definition) is 1. The molecule has 1 unspecified atom stereocenters. The van der Waals surface area contributed by atoms with Crippen LogP contribution in [0.4, 0.5) is 0 Å². The number of carbonyl (C=O) groups excluding carboxylic acids is 1. The topological polar surface area (TPSA) is 72.2 Å². The van der Waals surface area contributed by atoms with Crippen LogP contribution in [0.15, 0.2) is 33.9 Å². The Morgan fingerprint density at radius 2 is 1.96 bits per heavy atom. The van der Waals surface area contributed by atoms with E-state index < -0.39 is 0 Å². The zero-order valence-electron chi connectivity index (χ0n) is 16.5. The lowest BCUT2D eigenvalue weighted by Crippen LogP contribution is -2.34. The van der Waals surface area contributed by atoms with Crippen molar-refractivity contribution < 1.29 is 4.79 Å². The van der Waals surface area contributed by atoms with E-state index in [9.17, 15) is 4.79 Å². The maximum atomic E-state index is 12.6. The minimum absolute atomic E-state index is 0.000798. The Balaban J connectivity index is 1.63. The van der Waals surface area contributed by atoms with Crippen molar-refractivity contribution in [3.8, 4) is 0 Å². The molecule has 8 heteroatoms. The molecule has 3 aromatic rings. The molecule has 2 aromatic heterocycles. The normalized spacial score (nSPS) is 12.3. The summed E-state index contributed by atoms with van der Waals surface area (Å²) in [6.07, 6.45) is 4.04. The molecule has 1 amide bonds. The van der Waals surface area contributed by atoms with Gasteiger partial charge in [-0.1, -0.05) is 39.8 Å². The second kappa shape index (κ2) is 9.05. The van der Waals surface area contributed by atoms with E-state index in [1.54, 1.807) is 4.52 Å². The van der Waals surface area contributed by atoms with E-state index in [-0.39, 0.29) is 18.4 Å². The third-order valence-electron chi connectivity index (χ3n) is 4.74. The summed E-state index contributed by atoms with van der Waals surface area (Å²) in [6.45, 7) is 5.92. The number of benzene rings is 1. The van der Waals surface area contributed by atoms with E-state index in [1.807, 2.05) is 39.2 Å². The van der Waals surface area contributed by atoms with Gasteiger partial charge in [-0.2, -0.15) is 4.98 Å². The van der Waals surface area contributed by atoms with Crippen LogP contribution in [0.25, 0.3) is 5.78 Å². The lowest BCUT2D eigenvalue weighted by atomic mass is 10.1. The number of halogens is 1. The number of rotatable bonds is 7. The third-order valence-corrected chi connectivity index (χ3v) is 5.80. The van der Waals surface area contributed by atoms with Gasteiger partial charge < -0.3 is 5.32 Å². The largest absolute Gasteiger partial charge is 0.353 e. The summed E-state index contributed by atoms with van der Waals surface area (Å²) in [5, 5.41) is 8.22. The van der Waals surface area contributed by atoms with Crippen LogP contribution in [0, 0.1) is 13.8 Å². The van der Waals surface area contributed by atoms with Gasteiger partial charge in [-0.05, 0) is 57.6 Å². The molecule has 0 aliphatic heterocycles. The molecule has 0 saturated heterocycles. The minimum atomic E-state index is 0.000798. The van der Waals surface area contributed by atoms with Crippen LogP contribution in [0.5, 0.6) is 0 Å². The Hall–Kier alpha value is -1.93. The van der Waals surface area contributed by atoms with Gasteiger partial charge in [0, 0.05) is 27.5 Å². The Kier molecular flexibility index (Phi) is 6.72. The Bertz CT molecular complexity index is 986. The van der Waals surface area contributed by atoms with Gasteiger partial charge in [0.25, 0.3) is 5.78 Å². The average molecular weight is 462 g/mol. The van der Waals surface area contributed by atoms with E-state index in [1.165, 1.54) is 17.3 Å². The number of thioether (sulfide) groups is 1. The highest BCUT2D eigenvalue weighted by Crippen LogP contribution is 2.17. The number of nitrogens with zero attached hydrogens (tertiary/aromatic N) is 4. The summed E-state index contributed by atoms with van der Waals surface area (Å²) in [6, 6.07) is 8.39. The fraction of sp³-hybridized carbons (Fsp3) is 0.400. The van der Waals surface area contributed by atoms with Gasteiger partial charge in [-0.25, -0.2) is 9.50 Å². The first-order valence-electron chi connectivity index (χ1n) is 9.18. The molecule has 28 heavy (non-hydrogen) atoms. The summed E-state index contributed by atoms with van der Waals surface area (Å²) in [5.74, 6) is 0.576. The zero-order valence-corrected chi connectivity index (χ0v) is 18.9. The smallest absolute Gasteiger partial charge is 0.253 e. The molecule has 0 bridgehead atoms. The molecule has 1 N–H and O–H groups in total. The van der Waals surface area contributed by atoms with Crippen molar-refractivity contribution in [1.82, 2.24) is 24.9 Å². The number of fused-ring (bicyclic) bond motifs is 1. The maximum absolute atomic E-state index is 12.6. The molecule has 1 aromatic carbocycles. The monoisotopic (exact) mass is 461 g/mol. The zero-order chi connectivity index (χ0) is 20.3. The molecule has 0 saturated carbocycles. The number of aromatic nitrogens is 4. The molecule has 0 fully saturated rings. The molecule has 0 aliphatic rings. The molecule has 3 rings (SSSR count). The third kappa shape index (κ3) is 4.91. The van der Waals surface area contributed by atoms with Gasteiger partial charge in [0.1, 0.15) is 0 Å². The van der Waals surface area contributed by atoms with Crippen LogP contribution in [0.2, 0.25) is 0 Å². The predicted octanol–water partition coefficient (Wildman–Crippen LogP) is 3.91. The fourth-order valence-corrected chi connectivity index (χ4v) is 3.73. The summed E-state index contributed by atoms with van der Waals surface area (Å²) >= 11 is 4.92. The standard InChI is InChI=1S/C20H24BrN5OS/c1-12(5-6-15-7-9-16(21)10-8-15)22-18(27)11-17-13(2)23-19-24-20(28-4)25-26(19)14(17)3/h7-10,12H,5-6,11H2,1-4H3,(H,22,27). The van der Waals surface area contributed by atoms with Crippen LogP contribution in [-0.4, -0.2) is 37.8 Å². The highest BCUT2D eigenvalue weighted by Gasteiger charge is 2.17. The van der Waals surface area contributed by atoms with Crippen LogP contribution < -0.4 is 5.32 Å². The molecule has 0 radical (unpaired) electrons. The lowest BCUT2D eigenvalue weighted by molar-refractivity contribution is -0.121. The van der Waals surface area contributed by atoms with Crippen molar-refractivity contribution in [2.75, 3.05) is 6.26 Å². The molecule has 0 spiro atoms. The number of amides is 1.